The number of rotatable bonds is 5. The van der Waals surface area contributed by atoms with Gasteiger partial charge >= 0.3 is 0 Å². The lowest BCUT2D eigenvalue weighted by Crippen LogP contribution is -2.40. The molecule has 0 radical (unpaired) electrons. The van der Waals surface area contributed by atoms with E-state index >= 15 is 0 Å². The smallest absolute Gasteiger partial charge is 0.237 e. The zero-order valence-corrected chi connectivity index (χ0v) is 11.5. The van der Waals surface area contributed by atoms with Gasteiger partial charge in [-0.3, -0.25) is 9.48 Å². The molecule has 1 saturated heterocycles. The Kier molecular flexibility index (Phi) is 4.55. The van der Waals surface area contributed by atoms with Crippen LogP contribution in [0.2, 0.25) is 0 Å². The third-order valence-corrected chi connectivity index (χ3v) is 3.37. The van der Waals surface area contributed by atoms with Crippen molar-refractivity contribution in [1.82, 2.24) is 20.4 Å². The predicted octanol–water partition coefficient (Wildman–Crippen LogP) is -0.271. The van der Waals surface area contributed by atoms with Crippen molar-refractivity contribution in [3.05, 3.63) is 17.5 Å². The van der Waals surface area contributed by atoms with E-state index in [0.717, 1.165) is 24.4 Å². The van der Waals surface area contributed by atoms with Crippen molar-refractivity contribution in [2.75, 3.05) is 13.1 Å². The molecule has 0 aromatic carbocycles. The Morgan fingerprint density at radius 2 is 2.42 bits per heavy atom. The summed E-state index contributed by atoms with van der Waals surface area (Å²) in [5.74, 6) is -0.0232. The van der Waals surface area contributed by atoms with Gasteiger partial charge in [0.05, 0.1) is 17.8 Å². The van der Waals surface area contributed by atoms with Crippen LogP contribution >= 0.6 is 0 Å². The first-order valence-corrected chi connectivity index (χ1v) is 6.76. The number of aliphatic hydroxyl groups excluding tert-OH is 1. The van der Waals surface area contributed by atoms with Crippen molar-refractivity contribution < 1.29 is 9.90 Å². The lowest BCUT2D eigenvalue weighted by Gasteiger charge is -2.11. The molecule has 2 heterocycles. The summed E-state index contributed by atoms with van der Waals surface area (Å²) in [5, 5.41) is 19.6. The molecule has 0 spiro atoms. The Hall–Kier alpha value is -1.40. The topological polar surface area (TPSA) is 79.2 Å². The molecule has 0 aliphatic carbocycles. The maximum atomic E-state index is 11.8. The molecular formula is C13H22N4O2. The van der Waals surface area contributed by atoms with Gasteiger partial charge in [-0.1, -0.05) is 0 Å². The molecule has 19 heavy (non-hydrogen) atoms. The molecular weight excluding hydrogens is 244 g/mol. The molecule has 0 saturated carbocycles. The van der Waals surface area contributed by atoms with Gasteiger partial charge in [-0.2, -0.15) is 5.10 Å². The zero-order chi connectivity index (χ0) is 13.8. The van der Waals surface area contributed by atoms with Crippen LogP contribution in [0.25, 0.3) is 0 Å². The number of hydrogen-bond donors (Lipinski definition) is 3. The fourth-order valence-electron chi connectivity index (χ4n) is 2.38. The normalized spacial score (nSPS) is 22.7. The highest BCUT2D eigenvalue weighted by Gasteiger charge is 2.27. The van der Waals surface area contributed by atoms with Gasteiger partial charge in [0.1, 0.15) is 0 Å². The van der Waals surface area contributed by atoms with Gasteiger partial charge in [0.25, 0.3) is 0 Å². The van der Waals surface area contributed by atoms with E-state index in [-0.39, 0.29) is 11.9 Å². The number of aryl methyl sites for hydroxylation is 3. The molecule has 2 rings (SSSR count). The van der Waals surface area contributed by atoms with E-state index < -0.39 is 6.10 Å². The number of carbonyl (C=O) groups is 1. The number of amides is 1. The Morgan fingerprint density at radius 3 is 3.00 bits per heavy atom. The molecule has 0 bridgehead atoms. The molecule has 1 amide bonds. The number of aliphatic hydroxyl groups is 1. The number of aromatic nitrogens is 2. The molecule has 106 valence electrons. The minimum Gasteiger partial charge on any atom is -0.392 e. The number of nitrogens with zero attached hydrogens (tertiary/aromatic N) is 2. The Morgan fingerprint density at radius 1 is 1.63 bits per heavy atom. The standard InChI is InChI=1S/C13H22N4O2/c1-9-6-10(2)17(16-9)5-3-4-14-13(19)12-7-11(18)8-15-12/h6,11-12,15,18H,3-5,7-8H2,1-2H3,(H,14,19). The van der Waals surface area contributed by atoms with Crippen LogP contribution in [0.15, 0.2) is 6.07 Å². The molecule has 2 atom stereocenters. The molecule has 6 heteroatoms. The summed E-state index contributed by atoms with van der Waals surface area (Å²) in [6.07, 6.45) is 0.956. The van der Waals surface area contributed by atoms with Crippen LogP contribution < -0.4 is 10.6 Å². The maximum Gasteiger partial charge on any atom is 0.237 e. The van der Waals surface area contributed by atoms with Gasteiger partial charge in [-0.25, -0.2) is 0 Å². The van der Waals surface area contributed by atoms with E-state index in [2.05, 4.69) is 15.7 Å². The van der Waals surface area contributed by atoms with Crippen LogP contribution in [0.5, 0.6) is 0 Å². The molecule has 1 aromatic heterocycles. The van der Waals surface area contributed by atoms with Gasteiger partial charge in [0.15, 0.2) is 0 Å². The molecule has 2 unspecified atom stereocenters. The van der Waals surface area contributed by atoms with Crippen molar-refractivity contribution in [2.24, 2.45) is 0 Å². The quantitative estimate of drug-likeness (QED) is 0.641. The molecule has 1 aliphatic heterocycles. The van der Waals surface area contributed by atoms with Crippen LogP contribution in [0.4, 0.5) is 0 Å². The minimum absolute atomic E-state index is 0.0232. The van der Waals surface area contributed by atoms with Gasteiger partial charge in [-0.05, 0) is 32.8 Å². The van der Waals surface area contributed by atoms with E-state index in [4.69, 9.17) is 0 Å². The van der Waals surface area contributed by atoms with Crippen LogP contribution in [0.3, 0.4) is 0 Å². The zero-order valence-electron chi connectivity index (χ0n) is 11.5. The van der Waals surface area contributed by atoms with Gasteiger partial charge < -0.3 is 15.7 Å². The van der Waals surface area contributed by atoms with Crippen LogP contribution in [-0.4, -0.2) is 46.0 Å². The maximum absolute atomic E-state index is 11.8. The lowest BCUT2D eigenvalue weighted by atomic mass is 10.2. The van der Waals surface area contributed by atoms with Gasteiger partial charge in [-0.15, -0.1) is 0 Å². The number of β-amino-alcohol motifs (C(OH)–C–C–N with tert-alkyl or cyclic N) is 1. The first-order valence-electron chi connectivity index (χ1n) is 6.76. The molecule has 6 nitrogen and oxygen atoms in total. The van der Waals surface area contributed by atoms with Gasteiger partial charge in [0, 0.05) is 25.3 Å². The fourth-order valence-corrected chi connectivity index (χ4v) is 2.38. The second-order valence-corrected chi connectivity index (χ2v) is 5.15. The van der Waals surface area contributed by atoms with Gasteiger partial charge in [0.2, 0.25) is 5.91 Å². The molecule has 1 aliphatic rings. The number of hydrogen-bond acceptors (Lipinski definition) is 4. The van der Waals surface area contributed by atoms with E-state index in [0.29, 0.717) is 19.5 Å². The van der Waals surface area contributed by atoms with Crippen LogP contribution in [0.1, 0.15) is 24.2 Å². The lowest BCUT2D eigenvalue weighted by molar-refractivity contribution is -0.122. The summed E-state index contributed by atoms with van der Waals surface area (Å²) >= 11 is 0. The van der Waals surface area contributed by atoms with Crippen molar-refractivity contribution in [3.8, 4) is 0 Å². The Balaban J connectivity index is 1.67. The molecule has 1 aromatic rings. The average molecular weight is 266 g/mol. The average Bonchev–Trinajstić information content (AvgIpc) is 2.91. The van der Waals surface area contributed by atoms with Crippen LogP contribution in [-0.2, 0) is 11.3 Å². The van der Waals surface area contributed by atoms with E-state index in [9.17, 15) is 9.90 Å². The first kappa shape index (κ1) is 14.0. The van der Waals surface area contributed by atoms with E-state index in [1.54, 1.807) is 0 Å². The highest BCUT2D eigenvalue weighted by Crippen LogP contribution is 2.06. The van der Waals surface area contributed by atoms with Crippen molar-refractivity contribution in [2.45, 2.75) is 45.4 Å². The third kappa shape index (κ3) is 3.78. The number of nitrogens with one attached hydrogen (secondary N) is 2. The Labute approximate surface area is 113 Å². The highest BCUT2D eigenvalue weighted by atomic mass is 16.3. The largest absolute Gasteiger partial charge is 0.392 e. The van der Waals surface area contributed by atoms with E-state index in [1.165, 1.54) is 0 Å². The van der Waals surface area contributed by atoms with Crippen molar-refractivity contribution >= 4 is 5.91 Å². The monoisotopic (exact) mass is 266 g/mol. The summed E-state index contributed by atoms with van der Waals surface area (Å²) < 4.78 is 1.96. The second-order valence-electron chi connectivity index (χ2n) is 5.15. The summed E-state index contributed by atoms with van der Waals surface area (Å²) in [6, 6.07) is 1.80. The fraction of sp³-hybridized carbons (Fsp3) is 0.692. The van der Waals surface area contributed by atoms with Crippen LogP contribution in [0, 0.1) is 13.8 Å². The third-order valence-electron chi connectivity index (χ3n) is 3.37. The second kappa shape index (κ2) is 6.16. The first-order chi connectivity index (χ1) is 9.06. The molecule has 1 fully saturated rings. The minimum atomic E-state index is -0.398. The number of carbonyl (C=O) groups excluding carboxylic acids is 1. The summed E-state index contributed by atoms with van der Waals surface area (Å²) in [4.78, 5) is 11.8. The Bertz CT molecular complexity index is 444. The van der Waals surface area contributed by atoms with Crippen molar-refractivity contribution in [1.29, 1.82) is 0 Å². The summed E-state index contributed by atoms with van der Waals surface area (Å²) in [7, 11) is 0. The van der Waals surface area contributed by atoms with Crippen molar-refractivity contribution in [3.63, 3.8) is 0 Å². The van der Waals surface area contributed by atoms with E-state index in [1.807, 2.05) is 24.6 Å². The SMILES string of the molecule is Cc1cc(C)n(CCCNC(=O)C2CC(O)CN2)n1. The predicted molar refractivity (Wildman–Crippen MR) is 71.7 cm³/mol. The summed E-state index contributed by atoms with van der Waals surface area (Å²) in [5.41, 5.74) is 2.16. The summed E-state index contributed by atoms with van der Waals surface area (Å²) in [6.45, 7) is 5.95. The molecule has 3 N–H and O–H groups in total. The highest BCUT2D eigenvalue weighted by molar-refractivity contribution is 5.82.